The van der Waals surface area contributed by atoms with Crippen molar-refractivity contribution in [1.82, 2.24) is 4.31 Å². The summed E-state index contributed by atoms with van der Waals surface area (Å²) >= 11 is 0. The van der Waals surface area contributed by atoms with Gasteiger partial charge in [-0.05, 0) is 51.0 Å². The Bertz CT molecular complexity index is 617. The summed E-state index contributed by atoms with van der Waals surface area (Å²) in [6.07, 6.45) is -0.189. The van der Waals surface area contributed by atoms with E-state index < -0.39 is 10.0 Å². The van der Waals surface area contributed by atoms with Crippen LogP contribution in [0.5, 0.6) is 5.75 Å². The van der Waals surface area contributed by atoms with Crippen LogP contribution in [0.25, 0.3) is 0 Å². The summed E-state index contributed by atoms with van der Waals surface area (Å²) in [4.78, 5) is 0.349. The zero-order valence-electron chi connectivity index (χ0n) is 13.2. The van der Waals surface area contributed by atoms with Crippen LogP contribution in [0.1, 0.15) is 25.0 Å². The minimum Gasteiger partial charge on any atom is -0.496 e. The second-order valence-electron chi connectivity index (χ2n) is 5.60. The summed E-state index contributed by atoms with van der Waals surface area (Å²) in [5.41, 5.74) is 1.59. The summed E-state index contributed by atoms with van der Waals surface area (Å²) in [5, 5.41) is 0. The van der Waals surface area contributed by atoms with Gasteiger partial charge >= 0.3 is 0 Å². The van der Waals surface area contributed by atoms with E-state index in [0.717, 1.165) is 11.1 Å². The van der Waals surface area contributed by atoms with Crippen molar-refractivity contribution in [3.63, 3.8) is 0 Å². The molecule has 0 spiro atoms. The lowest BCUT2D eigenvalue weighted by Crippen LogP contribution is -2.48. The lowest BCUT2D eigenvalue weighted by molar-refractivity contribution is -0.0440. The summed E-state index contributed by atoms with van der Waals surface area (Å²) in [6, 6.07) is 3.34. The molecule has 6 heteroatoms. The molecule has 0 saturated carbocycles. The standard InChI is InChI=1S/C15H23NO4S/c1-10-8-16(9-11(2)20-10)21(17,18)15-7-6-14(19-5)12(3)13(15)4/h6-7,10-11H,8-9H2,1-5H3. The van der Waals surface area contributed by atoms with Gasteiger partial charge in [0, 0.05) is 13.1 Å². The number of sulfonamides is 1. The fourth-order valence-electron chi connectivity index (χ4n) is 2.74. The number of hydrogen-bond acceptors (Lipinski definition) is 4. The zero-order chi connectivity index (χ0) is 15.8. The van der Waals surface area contributed by atoms with Crippen LogP contribution in [0.15, 0.2) is 17.0 Å². The molecule has 1 aliphatic rings. The van der Waals surface area contributed by atoms with Gasteiger partial charge < -0.3 is 9.47 Å². The third-order valence-electron chi connectivity index (χ3n) is 3.91. The van der Waals surface area contributed by atoms with Gasteiger partial charge in [-0.25, -0.2) is 8.42 Å². The fourth-order valence-corrected chi connectivity index (χ4v) is 4.61. The van der Waals surface area contributed by atoms with Crippen LogP contribution in [0.3, 0.4) is 0 Å². The largest absolute Gasteiger partial charge is 0.496 e. The molecule has 5 nitrogen and oxygen atoms in total. The predicted octanol–water partition coefficient (Wildman–Crippen LogP) is 2.11. The minimum absolute atomic E-state index is 0.0943. The third-order valence-corrected chi connectivity index (χ3v) is 5.89. The van der Waals surface area contributed by atoms with Gasteiger partial charge in [0.1, 0.15) is 5.75 Å². The highest BCUT2D eigenvalue weighted by Crippen LogP contribution is 2.30. The monoisotopic (exact) mass is 313 g/mol. The Balaban J connectivity index is 2.42. The number of hydrogen-bond donors (Lipinski definition) is 0. The first-order chi connectivity index (χ1) is 9.77. The molecule has 118 valence electrons. The smallest absolute Gasteiger partial charge is 0.243 e. The summed E-state index contributed by atoms with van der Waals surface area (Å²) < 4.78 is 38.1. The maximum atomic E-state index is 12.9. The number of rotatable bonds is 3. The van der Waals surface area contributed by atoms with Crippen LogP contribution in [-0.2, 0) is 14.8 Å². The first-order valence-electron chi connectivity index (χ1n) is 7.07. The van der Waals surface area contributed by atoms with Crippen LogP contribution in [0.4, 0.5) is 0 Å². The van der Waals surface area contributed by atoms with Crippen molar-refractivity contribution < 1.29 is 17.9 Å². The second-order valence-corrected chi connectivity index (χ2v) is 7.50. The van der Waals surface area contributed by atoms with Crippen molar-refractivity contribution in [2.24, 2.45) is 0 Å². The SMILES string of the molecule is COc1ccc(S(=O)(=O)N2CC(C)OC(C)C2)c(C)c1C. The molecule has 0 aliphatic carbocycles. The van der Waals surface area contributed by atoms with E-state index in [1.807, 2.05) is 27.7 Å². The molecule has 2 rings (SSSR count). The molecule has 0 N–H and O–H groups in total. The van der Waals surface area contributed by atoms with Crippen LogP contribution in [0.2, 0.25) is 0 Å². The Morgan fingerprint density at radius 2 is 1.71 bits per heavy atom. The quantitative estimate of drug-likeness (QED) is 0.857. The van der Waals surface area contributed by atoms with Gasteiger partial charge in [-0.1, -0.05) is 0 Å². The van der Waals surface area contributed by atoms with E-state index in [2.05, 4.69) is 0 Å². The highest BCUT2D eigenvalue weighted by atomic mass is 32.2. The van der Waals surface area contributed by atoms with Gasteiger partial charge in [0.25, 0.3) is 0 Å². The van der Waals surface area contributed by atoms with E-state index >= 15 is 0 Å². The molecule has 2 atom stereocenters. The predicted molar refractivity (Wildman–Crippen MR) is 81.2 cm³/mol. The third kappa shape index (κ3) is 3.07. The Labute approximate surface area is 126 Å². The van der Waals surface area contributed by atoms with Gasteiger partial charge in [0.2, 0.25) is 10.0 Å². The first kappa shape index (κ1) is 16.3. The molecule has 0 amide bonds. The average molecular weight is 313 g/mol. The highest BCUT2D eigenvalue weighted by molar-refractivity contribution is 7.89. The molecule has 1 aliphatic heterocycles. The summed E-state index contributed by atoms with van der Waals surface area (Å²) in [7, 11) is -1.92. The molecule has 2 unspecified atom stereocenters. The highest BCUT2D eigenvalue weighted by Gasteiger charge is 2.33. The van der Waals surface area contributed by atoms with Crippen molar-refractivity contribution in [1.29, 1.82) is 0 Å². The van der Waals surface area contributed by atoms with Crippen LogP contribution < -0.4 is 4.74 Å². The molecular weight excluding hydrogens is 290 g/mol. The molecule has 1 aromatic carbocycles. The van der Waals surface area contributed by atoms with Gasteiger partial charge in [-0.2, -0.15) is 4.31 Å². The average Bonchev–Trinajstić information content (AvgIpc) is 2.40. The number of morpholine rings is 1. The zero-order valence-corrected chi connectivity index (χ0v) is 14.0. The van der Waals surface area contributed by atoms with E-state index in [0.29, 0.717) is 23.7 Å². The molecular formula is C15H23NO4S. The molecule has 0 radical (unpaired) electrons. The van der Waals surface area contributed by atoms with Crippen LogP contribution in [-0.4, -0.2) is 45.1 Å². The maximum Gasteiger partial charge on any atom is 0.243 e. The van der Waals surface area contributed by atoms with Crippen molar-refractivity contribution in [3.8, 4) is 5.75 Å². The van der Waals surface area contributed by atoms with Crippen molar-refractivity contribution in [3.05, 3.63) is 23.3 Å². The van der Waals surface area contributed by atoms with Gasteiger partial charge in [-0.3, -0.25) is 0 Å². The maximum absolute atomic E-state index is 12.9. The fraction of sp³-hybridized carbons (Fsp3) is 0.600. The number of nitrogens with zero attached hydrogens (tertiary/aromatic N) is 1. The summed E-state index contributed by atoms with van der Waals surface area (Å²) in [6.45, 7) is 8.25. The van der Waals surface area contributed by atoms with E-state index in [1.165, 1.54) is 4.31 Å². The lowest BCUT2D eigenvalue weighted by atomic mass is 10.1. The van der Waals surface area contributed by atoms with E-state index in [9.17, 15) is 8.42 Å². The molecule has 0 aromatic heterocycles. The van der Waals surface area contributed by atoms with E-state index in [1.54, 1.807) is 19.2 Å². The Morgan fingerprint density at radius 1 is 1.14 bits per heavy atom. The Morgan fingerprint density at radius 3 is 2.24 bits per heavy atom. The van der Waals surface area contributed by atoms with E-state index in [-0.39, 0.29) is 12.2 Å². The van der Waals surface area contributed by atoms with Gasteiger partial charge in [0.05, 0.1) is 24.2 Å². The van der Waals surface area contributed by atoms with Crippen molar-refractivity contribution in [2.45, 2.75) is 44.8 Å². The Hall–Kier alpha value is -1.11. The molecule has 0 bridgehead atoms. The molecule has 1 fully saturated rings. The molecule has 1 saturated heterocycles. The van der Waals surface area contributed by atoms with Gasteiger partial charge in [-0.15, -0.1) is 0 Å². The van der Waals surface area contributed by atoms with Crippen molar-refractivity contribution in [2.75, 3.05) is 20.2 Å². The topological polar surface area (TPSA) is 55.8 Å². The Kier molecular flexibility index (Phi) is 4.60. The number of benzene rings is 1. The minimum atomic E-state index is -3.51. The second kappa shape index (κ2) is 5.94. The van der Waals surface area contributed by atoms with Crippen LogP contribution in [0, 0.1) is 13.8 Å². The van der Waals surface area contributed by atoms with Crippen molar-refractivity contribution >= 4 is 10.0 Å². The molecule has 1 heterocycles. The normalized spacial score (nSPS) is 24.0. The molecule has 21 heavy (non-hydrogen) atoms. The van der Waals surface area contributed by atoms with Crippen LogP contribution >= 0.6 is 0 Å². The van der Waals surface area contributed by atoms with E-state index in [4.69, 9.17) is 9.47 Å². The molecule has 1 aromatic rings. The van der Waals surface area contributed by atoms with Gasteiger partial charge in [0.15, 0.2) is 0 Å². The lowest BCUT2D eigenvalue weighted by Gasteiger charge is -2.34. The number of ether oxygens (including phenoxy) is 2. The summed E-state index contributed by atoms with van der Waals surface area (Å²) in [5.74, 6) is 0.704. The first-order valence-corrected chi connectivity index (χ1v) is 8.51. The number of methoxy groups -OCH3 is 1.